The van der Waals surface area contributed by atoms with E-state index in [0.29, 0.717) is 5.95 Å². The predicted molar refractivity (Wildman–Crippen MR) is 82.5 cm³/mol. The summed E-state index contributed by atoms with van der Waals surface area (Å²) in [5.74, 6) is 0.703. The van der Waals surface area contributed by atoms with Crippen LogP contribution in [0.15, 0.2) is 30.3 Å². The highest BCUT2D eigenvalue weighted by Crippen LogP contribution is 2.33. The van der Waals surface area contributed by atoms with Crippen LogP contribution < -0.4 is 5.32 Å². The molecule has 0 saturated heterocycles. The number of hydrogen-bond acceptors (Lipinski definition) is 5. The van der Waals surface area contributed by atoms with E-state index in [1.807, 2.05) is 30.3 Å². The van der Waals surface area contributed by atoms with Crippen molar-refractivity contribution in [1.82, 2.24) is 25.1 Å². The van der Waals surface area contributed by atoms with Crippen molar-refractivity contribution >= 4 is 5.95 Å². The van der Waals surface area contributed by atoms with Gasteiger partial charge < -0.3 is 10.2 Å². The third-order valence-electron chi connectivity index (χ3n) is 4.53. The van der Waals surface area contributed by atoms with Gasteiger partial charge in [-0.2, -0.15) is 4.68 Å². The van der Waals surface area contributed by atoms with Crippen molar-refractivity contribution in [2.24, 2.45) is 0 Å². The van der Waals surface area contributed by atoms with Crippen molar-refractivity contribution in [2.75, 3.05) is 26.0 Å². The molecule has 1 aliphatic rings. The van der Waals surface area contributed by atoms with E-state index < -0.39 is 0 Å². The lowest BCUT2D eigenvalue weighted by Crippen LogP contribution is -2.47. The number of rotatable bonds is 5. The van der Waals surface area contributed by atoms with E-state index in [0.717, 1.165) is 12.2 Å². The van der Waals surface area contributed by atoms with Gasteiger partial charge in [0.2, 0.25) is 5.95 Å². The van der Waals surface area contributed by atoms with Gasteiger partial charge in [-0.1, -0.05) is 36.1 Å². The second-order valence-electron chi connectivity index (χ2n) is 5.93. The number of anilines is 1. The highest BCUT2D eigenvalue weighted by atomic mass is 15.6. The number of likely N-dealkylation sites (N-methyl/N-ethyl adjacent to an activating group) is 1. The van der Waals surface area contributed by atoms with Gasteiger partial charge in [-0.15, -0.1) is 0 Å². The average Bonchev–Trinajstić information content (AvgIpc) is 3.16. The third kappa shape index (κ3) is 2.76. The molecular weight excluding hydrogens is 264 g/mol. The minimum atomic E-state index is 0.216. The summed E-state index contributed by atoms with van der Waals surface area (Å²) in [6.45, 7) is 0.868. The Labute approximate surface area is 125 Å². The quantitative estimate of drug-likeness (QED) is 0.910. The van der Waals surface area contributed by atoms with E-state index in [4.69, 9.17) is 0 Å². The van der Waals surface area contributed by atoms with Gasteiger partial charge in [-0.3, -0.25) is 0 Å². The van der Waals surface area contributed by atoms with E-state index in [1.165, 1.54) is 25.7 Å². The van der Waals surface area contributed by atoms with Crippen molar-refractivity contribution in [3.05, 3.63) is 30.3 Å². The van der Waals surface area contributed by atoms with Crippen molar-refractivity contribution in [2.45, 2.75) is 31.2 Å². The van der Waals surface area contributed by atoms with Crippen LogP contribution in [0, 0.1) is 0 Å². The maximum absolute atomic E-state index is 4.12. The molecule has 1 N–H and O–H groups in total. The average molecular weight is 286 g/mol. The number of nitrogens with zero attached hydrogens (tertiary/aromatic N) is 5. The number of tetrazole rings is 1. The van der Waals surface area contributed by atoms with Gasteiger partial charge in [-0.05, 0) is 49.5 Å². The summed E-state index contributed by atoms with van der Waals surface area (Å²) in [6.07, 6.45) is 5.03. The van der Waals surface area contributed by atoms with E-state index in [2.05, 4.69) is 39.8 Å². The van der Waals surface area contributed by atoms with Crippen molar-refractivity contribution in [3.63, 3.8) is 0 Å². The molecule has 3 rings (SSSR count). The molecule has 1 aromatic carbocycles. The van der Waals surface area contributed by atoms with Crippen LogP contribution in [-0.4, -0.2) is 51.3 Å². The fraction of sp³-hybridized carbons (Fsp3) is 0.533. The van der Waals surface area contributed by atoms with Gasteiger partial charge in [0.1, 0.15) is 0 Å². The van der Waals surface area contributed by atoms with Crippen LogP contribution in [0.25, 0.3) is 5.69 Å². The van der Waals surface area contributed by atoms with Crippen LogP contribution in [-0.2, 0) is 0 Å². The van der Waals surface area contributed by atoms with Crippen LogP contribution in [0.2, 0.25) is 0 Å². The van der Waals surface area contributed by atoms with E-state index in [-0.39, 0.29) is 5.54 Å². The summed E-state index contributed by atoms with van der Waals surface area (Å²) in [7, 11) is 4.32. The predicted octanol–water partition coefficient (Wildman–Crippen LogP) is 1.95. The highest BCUT2D eigenvalue weighted by Gasteiger charge is 2.36. The Morgan fingerprint density at radius 3 is 2.57 bits per heavy atom. The lowest BCUT2D eigenvalue weighted by atomic mass is 9.96. The molecule has 0 radical (unpaired) electrons. The molecule has 6 heteroatoms. The SMILES string of the molecule is CN(C)C1(CNc2nnnn2-c2ccccc2)CCCC1. The zero-order chi connectivity index (χ0) is 14.7. The smallest absolute Gasteiger partial charge is 0.247 e. The number of para-hydroxylation sites is 1. The maximum Gasteiger partial charge on any atom is 0.247 e. The maximum atomic E-state index is 4.12. The van der Waals surface area contributed by atoms with E-state index >= 15 is 0 Å². The lowest BCUT2D eigenvalue weighted by Gasteiger charge is -2.36. The molecular formula is C15H22N6. The van der Waals surface area contributed by atoms with Crippen molar-refractivity contribution in [3.8, 4) is 5.69 Å². The Balaban J connectivity index is 1.76. The molecule has 1 aromatic heterocycles. The van der Waals surface area contributed by atoms with Gasteiger partial charge in [-0.25, -0.2) is 0 Å². The highest BCUT2D eigenvalue weighted by molar-refractivity contribution is 5.38. The van der Waals surface area contributed by atoms with Crippen molar-refractivity contribution in [1.29, 1.82) is 0 Å². The first kappa shape index (κ1) is 14.0. The zero-order valence-corrected chi connectivity index (χ0v) is 12.7. The summed E-state index contributed by atoms with van der Waals surface area (Å²) in [4.78, 5) is 2.34. The first-order chi connectivity index (χ1) is 10.2. The molecule has 2 aromatic rings. The van der Waals surface area contributed by atoms with E-state index in [1.54, 1.807) is 4.68 Å². The molecule has 0 aliphatic heterocycles. The molecule has 0 atom stereocenters. The van der Waals surface area contributed by atoms with Crippen LogP contribution in [0.4, 0.5) is 5.95 Å². The molecule has 112 valence electrons. The Bertz CT molecular complexity index is 571. The molecule has 0 spiro atoms. The second kappa shape index (κ2) is 5.81. The molecule has 1 fully saturated rings. The molecule has 0 amide bonds. The number of aromatic nitrogens is 4. The van der Waals surface area contributed by atoms with Gasteiger partial charge >= 0.3 is 0 Å². The first-order valence-electron chi connectivity index (χ1n) is 7.46. The van der Waals surface area contributed by atoms with Crippen LogP contribution in [0.3, 0.4) is 0 Å². The molecule has 1 aliphatic carbocycles. The Hall–Kier alpha value is -1.95. The Kier molecular flexibility index (Phi) is 3.88. The van der Waals surface area contributed by atoms with Crippen LogP contribution >= 0.6 is 0 Å². The fourth-order valence-corrected chi connectivity index (χ4v) is 3.10. The second-order valence-corrected chi connectivity index (χ2v) is 5.93. The van der Waals surface area contributed by atoms with Crippen molar-refractivity contribution < 1.29 is 0 Å². The molecule has 0 bridgehead atoms. The summed E-state index contributed by atoms with van der Waals surface area (Å²) in [5.41, 5.74) is 1.18. The Morgan fingerprint density at radius 1 is 1.19 bits per heavy atom. The molecule has 1 heterocycles. The lowest BCUT2D eigenvalue weighted by molar-refractivity contribution is 0.172. The van der Waals surface area contributed by atoms with Gasteiger partial charge in [0, 0.05) is 12.1 Å². The molecule has 1 saturated carbocycles. The van der Waals surface area contributed by atoms with Crippen LogP contribution in [0.1, 0.15) is 25.7 Å². The standard InChI is InChI=1S/C15H22N6/c1-20(2)15(10-6-7-11-15)12-16-14-17-18-19-21(14)13-8-4-3-5-9-13/h3-5,8-9H,6-7,10-12H2,1-2H3,(H,16,17,19). The first-order valence-corrected chi connectivity index (χ1v) is 7.46. The molecule has 6 nitrogen and oxygen atoms in total. The van der Waals surface area contributed by atoms with Gasteiger partial charge in [0.05, 0.1) is 5.69 Å². The third-order valence-corrected chi connectivity index (χ3v) is 4.53. The Morgan fingerprint density at radius 2 is 1.90 bits per heavy atom. The summed E-state index contributed by atoms with van der Waals surface area (Å²) < 4.78 is 1.75. The molecule has 0 unspecified atom stereocenters. The summed E-state index contributed by atoms with van der Waals surface area (Å²) >= 11 is 0. The summed E-state index contributed by atoms with van der Waals surface area (Å²) in [6, 6.07) is 9.95. The summed E-state index contributed by atoms with van der Waals surface area (Å²) in [5, 5.41) is 15.4. The monoisotopic (exact) mass is 286 g/mol. The van der Waals surface area contributed by atoms with Gasteiger partial charge in [0.15, 0.2) is 0 Å². The normalized spacial score (nSPS) is 17.3. The number of hydrogen-bond donors (Lipinski definition) is 1. The molecule has 21 heavy (non-hydrogen) atoms. The topological polar surface area (TPSA) is 58.9 Å². The largest absolute Gasteiger partial charge is 0.351 e. The van der Waals surface area contributed by atoms with Gasteiger partial charge in [0.25, 0.3) is 0 Å². The van der Waals surface area contributed by atoms with Crippen LogP contribution in [0.5, 0.6) is 0 Å². The zero-order valence-electron chi connectivity index (χ0n) is 12.7. The fourth-order valence-electron chi connectivity index (χ4n) is 3.10. The number of nitrogens with one attached hydrogen (secondary N) is 1. The number of benzene rings is 1. The minimum Gasteiger partial charge on any atom is -0.351 e. The van der Waals surface area contributed by atoms with E-state index in [9.17, 15) is 0 Å². The minimum absolute atomic E-state index is 0.216.